The summed E-state index contributed by atoms with van der Waals surface area (Å²) in [6, 6.07) is 14.6. The number of hydrogen-bond acceptors (Lipinski definition) is 7. The number of carboxylic acids is 1. The molecule has 51 heavy (non-hydrogen) atoms. The van der Waals surface area contributed by atoms with Crippen LogP contribution in [0.4, 0.5) is 4.79 Å². The number of hydrogen-bond donors (Lipinski definition) is 4. The zero-order valence-corrected chi connectivity index (χ0v) is 29.6. The van der Waals surface area contributed by atoms with Gasteiger partial charge in [-0.3, -0.25) is 9.59 Å². The molecule has 1 aliphatic carbocycles. The Balaban J connectivity index is 1.34. The van der Waals surface area contributed by atoms with Crippen LogP contribution in [-0.4, -0.2) is 81.7 Å². The quantitative estimate of drug-likeness (QED) is 0.256. The van der Waals surface area contributed by atoms with Gasteiger partial charge in [0.2, 0.25) is 11.8 Å². The van der Waals surface area contributed by atoms with Crippen LogP contribution in [0.15, 0.2) is 66.7 Å². The van der Waals surface area contributed by atoms with Gasteiger partial charge in [0.15, 0.2) is 0 Å². The highest BCUT2D eigenvalue weighted by Gasteiger charge is 2.61. The molecule has 3 aromatic rings. The number of benzene rings is 2. The predicted octanol–water partition coefficient (Wildman–Crippen LogP) is 5.20. The van der Waals surface area contributed by atoms with Crippen LogP contribution in [0.1, 0.15) is 65.7 Å². The van der Waals surface area contributed by atoms with E-state index >= 15 is 0 Å². The van der Waals surface area contributed by atoms with E-state index in [9.17, 15) is 24.3 Å². The second kappa shape index (κ2) is 14.6. The standard InChI is InChI=1S/C39H47N5O7/c1-38(2,3)43-37(49)41-29-16-12-7-5-6-11-15-25-22-39(25,36(47)48)42-34(45)32-20-27(23-44(32)35(29)46)51-33-21-30(24-13-9-8-10-14-24)40-31-19-26(50-4)17-18-28(31)33/h8-11,13-15,17-19,21,25,27,29,32H,5-7,12,16,20,22-23H2,1-4H3,(H,42,45)(H,47,48)(H2,41,43,49)/b15-11-/t25?,27-,29+,32+,39-/m1/s1. The summed E-state index contributed by atoms with van der Waals surface area (Å²) >= 11 is 0. The SMILES string of the molecule is COc1ccc2c(O[C@@H]3C[C@H]4C(=O)N[C@]5(C(=O)O)CC5/C=C\CCCCC[C@H](NC(=O)NC(C)(C)C)C(=O)N4C3)cc(-c3ccccc3)nc2c1. The van der Waals surface area contributed by atoms with Gasteiger partial charge in [-0.2, -0.15) is 0 Å². The summed E-state index contributed by atoms with van der Waals surface area (Å²) in [6.45, 7) is 5.62. The second-order valence-electron chi connectivity index (χ2n) is 14.8. The number of allylic oxidation sites excluding steroid dienone is 1. The number of amides is 4. The maximum Gasteiger partial charge on any atom is 0.330 e. The van der Waals surface area contributed by atoms with Crippen LogP contribution >= 0.6 is 0 Å². The van der Waals surface area contributed by atoms with E-state index < -0.39 is 53.1 Å². The molecule has 2 fully saturated rings. The molecule has 270 valence electrons. The minimum absolute atomic E-state index is 0.0556. The molecule has 12 nitrogen and oxygen atoms in total. The van der Waals surface area contributed by atoms with Crippen LogP contribution in [0.3, 0.4) is 0 Å². The fraction of sp³-hybridized carbons (Fsp3) is 0.462. The van der Waals surface area contributed by atoms with E-state index in [0.29, 0.717) is 35.6 Å². The minimum atomic E-state index is -1.43. The highest BCUT2D eigenvalue weighted by molar-refractivity contribution is 5.96. The number of methoxy groups -OCH3 is 1. The first kappa shape index (κ1) is 35.7. The van der Waals surface area contributed by atoms with Gasteiger partial charge in [0.1, 0.15) is 35.2 Å². The number of aliphatic carboxylic acids is 1. The zero-order chi connectivity index (χ0) is 36.3. The summed E-state index contributed by atoms with van der Waals surface area (Å²) in [4.78, 5) is 60.4. The first-order chi connectivity index (χ1) is 24.4. The summed E-state index contributed by atoms with van der Waals surface area (Å²) in [6.07, 6.45) is 7.12. The average Bonchev–Trinajstić information content (AvgIpc) is 3.63. The van der Waals surface area contributed by atoms with Crippen LogP contribution < -0.4 is 25.4 Å². The fourth-order valence-corrected chi connectivity index (χ4v) is 7.02. The molecule has 12 heteroatoms. The maximum atomic E-state index is 14.4. The number of nitrogens with zero attached hydrogens (tertiary/aromatic N) is 2. The normalized spacial score (nSPS) is 26.1. The second-order valence-corrected chi connectivity index (χ2v) is 14.8. The van der Waals surface area contributed by atoms with Gasteiger partial charge in [-0.15, -0.1) is 0 Å². The molecule has 2 aliphatic heterocycles. The Morgan fingerprint density at radius 3 is 2.57 bits per heavy atom. The van der Waals surface area contributed by atoms with Crippen molar-refractivity contribution in [1.29, 1.82) is 0 Å². The van der Waals surface area contributed by atoms with Crippen LogP contribution in [0.25, 0.3) is 22.2 Å². The van der Waals surface area contributed by atoms with Crippen LogP contribution in [0.5, 0.6) is 11.5 Å². The molecule has 3 aliphatic rings. The predicted molar refractivity (Wildman–Crippen MR) is 192 cm³/mol. The topological polar surface area (TPSA) is 159 Å². The van der Waals surface area contributed by atoms with E-state index in [4.69, 9.17) is 14.5 Å². The lowest BCUT2D eigenvalue weighted by Gasteiger charge is -2.30. The molecule has 1 unspecified atom stereocenters. The molecule has 0 bridgehead atoms. The molecule has 6 rings (SSSR count). The highest BCUT2D eigenvalue weighted by atomic mass is 16.5. The first-order valence-electron chi connectivity index (χ1n) is 17.7. The van der Waals surface area contributed by atoms with Crippen molar-refractivity contribution < 1.29 is 33.8 Å². The van der Waals surface area contributed by atoms with Crippen molar-refractivity contribution in [2.45, 2.75) is 95.0 Å². The number of fused-ring (bicyclic) bond motifs is 3. The van der Waals surface area contributed by atoms with Crippen molar-refractivity contribution >= 4 is 34.7 Å². The van der Waals surface area contributed by atoms with Gasteiger partial charge in [0, 0.05) is 41.0 Å². The maximum absolute atomic E-state index is 14.4. The number of ether oxygens (including phenoxy) is 2. The zero-order valence-electron chi connectivity index (χ0n) is 29.6. The summed E-state index contributed by atoms with van der Waals surface area (Å²) in [5.74, 6) is -1.26. The molecular formula is C39H47N5O7. The first-order valence-corrected chi connectivity index (χ1v) is 17.7. The highest BCUT2D eigenvalue weighted by Crippen LogP contribution is 2.45. The Hall–Kier alpha value is -5.13. The third-order valence-corrected chi connectivity index (χ3v) is 9.76. The number of pyridine rings is 1. The molecule has 0 radical (unpaired) electrons. The van der Waals surface area contributed by atoms with E-state index in [1.165, 1.54) is 4.90 Å². The van der Waals surface area contributed by atoms with Gasteiger partial charge < -0.3 is 35.4 Å². The van der Waals surface area contributed by atoms with Crippen LogP contribution in [0, 0.1) is 5.92 Å². The molecule has 3 heterocycles. The van der Waals surface area contributed by atoms with Crippen molar-refractivity contribution in [3.05, 3.63) is 66.7 Å². The van der Waals surface area contributed by atoms with Crippen LogP contribution in [0.2, 0.25) is 0 Å². The number of carboxylic acid groups (broad SMARTS) is 1. The number of urea groups is 1. The van der Waals surface area contributed by atoms with E-state index in [2.05, 4.69) is 16.0 Å². The number of rotatable bonds is 6. The van der Waals surface area contributed by atoms with Gasteiger partial charge >= 0.3 is 12.0 Å². The third-order valence-electron chi connectivity index (χ3n) is 9.76. The summed E-state index contributed by atoms with van der Waals surface area (Å²) in [5, 5.41) is 19.5. The van der Waals surface area contributed by atoms with E-state index in [1.54, 1.807) is 7.11 Å². The molecule has 2 aromatic carbocycles. The fourth-order valence-electron chi connectivity index (χ4n) is 7.02. The van der Waals surface area contributed by atoms with E-state index in [0.717, 1.165) is 30.2 Å². The minimum Gasteiger partial charge on any atom is -0.497 e. The molecule has 1 saturated carbocycles. The van der Waals surface area contributed by atoms with Gasteiger partial charge in [-0.1, -0.05) is 55.3 Å². The summed E-state index contributed by atoms with van der Waals surface area (Å²) in [7, 11) is 1.59. The van der Waals surface area contributed by atoms with Crippen molar-refractivity contribution in [3.8, 4) is 22.8 Å². The number of carbonyl (C=O) groups is 4. The molecule has 4 N–H and O–H groups in total. The monoisotopic (exact) mass is 697 g/mol. The largest absolute Gasteiger partial charge is 0.497 e. The van der Waals surface area contributed by atoms with Gasteiger partial charge in [0.05, 0.1) is 24.9 Å². The smallest absolute Gasteiger partial charge is 0.330 e. The lowest BCUT2D eigenvalue weighted by Crippen LogP contribution is -2.58. The Kier molecular flexibility index (Phi) is 10.2. The molecule has 4 amide bonds. The van der Waals surface area contributed by atoms with E-state index in [1.807, 2.05) is 87.5 Å². The number of carbonyl (C=O) groups excluding carboxylic acids is 3. The Morgan fingerprint density at radius 1 is 1.06 bits per heavy atom. The van der Waals surface area contributed by atoms with Crippen molar-refractivity contribution in [2.24, 2.45) is 5.92 Å². The lowest BCUT2D eigenvalue weighted by molar-refractivity contribution is -0.145. The Bertz CT molecular complexity index is 1820. The Labute approximate surface area is 298 Å². The molecular weight excluding hydrogens is 650 g/mol. The molecule has 5 atom stereocenters. The molecule has 1 aromatic heterocycles. The number of nitrogens with one attached hydrogen (secondary N) is 3. The molecule has 0 spiro atoms. The summed E-state index contributed by atoms with van der Waals surface area (Å²) < 4.78 is 12.1. The van der Waals surface area contributed by atoms with Crippen molar-refractivity contribution in [2.75, 3.05) is 13.7 Å². The van der Waals surface area contributed by atoms with Gasteiger partial charge in [0.25, 0.3) is 0 Å². The van der Waals surface area contributed by atoms with Crippen LogP contribution in [-0.2, 0) is 14.4 Å². The third kappa shape index (κ3) is 8.10. The average molecular weight is 698 g/mol. The van der Waals surface area contributed by atoms with Gasteiger partial charge in [-0.25, -0.2) is 14.6 Å². The summed E-state index contributed by atoms with van der Waals surface area (Å²) in [5.41, 5.74) is 0.249. The van der Waals surface area contributed by atoms with Gasteiger partial charge in [-0.05, 0) is 58.6 Å². The van der Waals surface area contributed by atoms with E-state index in [-0.39, 0.29) is 25.3 Å². The lowest BCUT2D eigenvalue weighted by atomic mass is 10.0. The van der Waals surface area contributed by atoms with Crippen molar-refractivity contribution in [1.82, 2.24) is 25.8 Å². The number of aromatic nitrogens is 1. The van der Waals surface area contributed by atoms with Crippen molar-refractivity contribution in [3.63, 3.8) is 0 Å². The molecule has 1 saturated heterocycles. The Morgan fingerprint density at radius 2 is 1.84 bits per heavy atom.